The van der Waals surface area contributed by atoms with Crippen LogP contribution < -0.4 is 5.32 Å². The number of hydrogen-bond donors (Lipinski definition) is 2. The van der Waals surface area contributed by atoms with Gasteiger partial charge in [-0.2, -0.15) is 0 Å². The fourth-order valence-electron chi connectivity index (χ4n) is 3.44. The largest absolute Gasteiger partial charge is 0.341 e. The standard InChI is InChI=1S/C16H23N3/c1-11-7-12(2)9-13(8-11)17-10-16-18-14-5-3-4-6-15(14)19-16/h3-6,11-13,17H,7-10H2,1-2H3,(H,18,19). The molecule has 1 aliphatic rings. The van der Waals surface area contributed by atoms with Gasteiger partial charge in [-0.25, -0.2) is 4.98 Å². The van der Waals surface area contributed by atoms with Crippen LogP contribution in [0.3, 0.4) is 0 Å². The molecule has 0 radical (unpaired) electrons. The van der Waals surface area contributed by atoms with Gasteiger partial charge in [-0.1, -0.05) is 26.0 Å². The highest BCUT2D eigenvalue weighted by Crippen LogP contribution is 2.28. The number of benzene rings is 1. The van der Waals surface area contributed by atoms with E-state index < -0.39 is 0 Å². The summed E-state index contributed by atoms with van der Waals surface area (Å²) >= 11 is 0. The van der Waals surface area contributed by atoms with Crippen LogP contribution in [0.1, 0.15) is 38.9 Å². The molecular formula is C16H23N3. The maximum atomic E-state index is 4.62. The molecule has 0 bridgehead atoms. The van der Waals surface area contributed by atoms with Crippen molar-refractivity contribution in [3.63, 3.8) is 0 Å². The molecule has 1 aromatic heterocycles. The summed E-state index contributed by atoms with van der Waals surface area (Å²) in [4.78, 5) is 8.00. The Morgan fingerprint density at radius 3 is 2.63 bits per heavy atom. The summed E-state index contributed by atoms with van der Waals surface area (Å²) in [6.45, 7) is 5.58. The Balaban J connectivity index is 1.62. The highest BCUT2D eigenvalue weighted by molar-refractivity contribution is 5.74. The van der Waals surface area contributed by atoms with E-state index in [4.69, 9.17) is 0 Å². The molecule has 0 saturated heterocycles. The summed E-state index contributed by atoms with van der Waals surface area (Å²) in [5.41, 5.74) is 2.19. The molecule has 1 aliphatic carbocycles. The normalized spacial score (nSPS) is 27.8. The third-order valence-corrected chi connectivity index (χ3v) is 4.18. The monoisotopic (exact) mass is 257 g/mol. The van der Waals surface area contributed by atoms with Crippen LogP contribution in [0.5, 0.6) is 0 Å². The van der Waals surface area contributed by atoms with Crippen molar-refractivity contribution < 1.29 is 0 Å². The van der Waals surface area contributed by atoms with Crippen LogP contribution in [0.25, 0.3) is 11.0 Å². The second-order valence-corrected chi connectivity index (χ2v) is 6.20. The smallest absolute Gasteiger partial charge is 0.121 e. The van der Waals surface area contributed by atoms with Crippen LogP contribution in [0.2, 0.25) is 0 Å². The van der Waals surface area contributed by atoms with Crippen molar-refractivity contribution in [1.82, 2.24) is 15.3 Å². The Labute approximate surface area is 114 Å². The van der Waals surface area contributed by atoms with Crippen molar-refractivity contribution in [2.75, 3.05) is 0 Å². The maximum Gasteiger partial charge on any atom is 0.121 e. The van der Waals surface area contributed by atoms with Gasteiger partial charge in [0, 0.05) is 6.04 Å². The summed E-state index contributed by atoms with van der Waals surface area (Å²) < 4.78 is 0. The van der Waals surface area contributed by atoms with Crippen LogP contribution >= 0.6 is 0 Å². The lowest BCUT2D eigenvalue weighted by Gasteiger charge is -2.31. The fraction of sp³-hybridized carbons (Fsp3) is 0.562. The Hall–Kier alpha value is -1.35. The molecule has 0 aliphatic heterocycles. The first kappa shape index (κ1) is 12.7. The predicted octanol–water partition coefficient (Wildman–Crippen LogP) is 3.48. The molecule has 102 valence electrons. The molecule has 0 amide bonds. The molecule has 1 aromatic carbocycles. The van der Waals surface area contributed by atoms with E-state index in [1.165, 1.54) is 19.3 Å². The minimum Gasteiger partial charge on any atom is -0.341 e. The molecule has 1 heterocycles. The van der Waals surface area contributed by atoms with Crippen LogP contribution in [0.4, 0.5) is 0 Å². The predicted molar refractivity (Wildman–Crippen MR) is 78.9 cm³/mol. The Bertz CT molecular complexity index is 503. The SMILES string of the molecule is CC1CC(C)CC(NCc2nc3ccccc3[nH]2)C1. The van der Waals surface area contributed by atoms with E-state index in [-0.39, 0.29) is 0 Å². The molecule has 2 atom stereocenters. The molecular weight excluding hydrogens is 234 g/mol. The summed E-state index contributed by atoms with van der Waals surface area (Å²) in [6, 6.07) is 8.86. The molecule has 1 saturated carbocycles. The van der Waals surface area contributed by atoms with Crippen LogP contribution in [0.15, 0.2) is 24.3 Å². The van der Waals surface area contributed by atoms with E-state index in [9.17, 15) is 0 Å². The zero-order valence-corrected chi connectivity index (χ0v) is 11.8. The first-order valence-corrected chi connectivity index (χ1v) is 7.37. The zero-order chi connectivity index (χ0) is 13.2. The van der Waals surface area contributed by atoms with Gasteiger partial charge in [-0.15, -0.1) is 0 Å². The van der Waals surface area contributed by atoms with Crippen LogP contribution in [-0.2, 0) is 6.54 Å². The zero-order valence-electron chi connectivity index (χ0n) is 11.8. The van der Waals surface area contributed by atoms with Crippen LogP contribution in [0, 0.1) is 11.8 Å². The number of fused-ring (bicyclic) bond motifs is 1. The van der Waals surface area contributed by atoms with Crippen molar-refractivity contribution in [3.8, 4) is 0 Å². The van der Waals surface area contributed by atoms with Crippen molar-refractivity contribution in [2.24, 2.45) is 11.8 Å². The Morgan fingerprint density at radius 1 is 1.16 bits per heavy atom. The highest BCUT2D eigenvalue weighted by atomic mass is 15.0. The molecule has 0 spiro atoms. The summed E-state index contributed by atoms with van der Waals surface area (Å²) in [5.74, 6) is 2.74. The van der Waals surface area contributed by atoms with Crippen molar-refractivity contribution in [3.05, 3.63) is 30.1 Å². The second-order valence-electron chi connectivity index (χ2n) is 6.20. The van der Waals surface area contributed by atoms with Gasteiger partial charge in [0.2, 0.25) is 0 Å². The van der Waals surface area contributed by atoms with Gasteiger partial charge in [0.1, 0.15) is 5.82 Å². The lowest BCUT2D eigenvalue weighted by Crippen LogP contribution is -2.36. The topological polar surface area (TPSA) is 40.7 Å². The highest BCUT2D eigenvalue weighted by Gasteiger charge is 2.23. The first-order chi connectivity index (χ1) is 9.20. The first-order valence-electron chi connectivity index (χ1n) is 7.37. The molecule has 19 heavy (non-hydrogen) atoms. The van der Waals surface area contributed by atoms with E-state index in [1.807, 2.05) is 12.1 Å². The van der Waals surface area contributed by atoms with E-state index in [0.29, 0.717) is 6.04 Å². The number of H-pyrrole nitrogens is 1. The lowest BCUT2D eigenvalue weighted by atomic mass is 9.80. The number of para-hydroxylation sites is 2. The fourth-order valence-corrected chi connectivity index (χ4v) is 3.44. The molecule has 2 unspecified atom stereocenters. The summed E-state index contributed by atoms with van der Waals surface area (Å²) in [5, 5.41) is 3.67. The van der Waals surface area contributed by atoms with Gasteiger partial charge in [-0.05, 0) is 43.2 Å². The van der Waals surface area contributed by atoms with E-state index >= 15 is 0 Å². The maximum absolute atomic E-state index is 4.62. The molecule has 1 fully saturated rings. The van der Waals surface area contributed by atoms with E-state index in [2.05, 4.69) is 41.3 Å². The third kappa shape index (κ3) is 2.98. The average Bonchev–Trinajstić information content (AvgIpc) is 2.78. The van der Waals surface area contributed by atoms with Gasteiger partial charge >= 0.3 is 0 Å². The average molecular weight is 257 g/mol. The number of rotatable bonds is 3. The Kier molecular flexibility index (Phi) is 3.56. The second kappa shape index (κ2) is 5.33. The molecule has 3 heteroatoms. The number of nitrogens with one attached hydrogen (secondary N) is 2. The van der Waals surface area contributed by atoms with Crippen molar-refractivity contribution >= 4 is 11.0 Å². The number of hydrogen-bond acceptors (Lipinski definition) is 2. The quantitative estimate of drug-likeness (QED) is 0.884. The summed E-state index contributed by atoms with van der Waals surface area (Å²) in [6.07, 6.45) is 3.97. The van der Waals surface area contributed by atoms with Gasteiger partial charge in [0.25, 0.3) is 0 Å². The summed E-state index contributed by atoms with van der Waals surface area (Å²) in [7, 11) is 0. The third-order valence-electron chi connectivity index (χ3n) is 4.18. The van der Waals surface area contributed by atoms with Crippen molar-refractivity contribution in [1.29, 1.82) is 0 Å². The van der Waals surface area contributed by atoms with Crippen LogP contribution in [-0.4, -0.2) is 16.0 Å². The van der Waals surface area contributed by atoms with E-state index in [1.54, 1.807) is 0 Å². The minimum atomic E-state index is 0.645. The van der Waals surface area contributed by atoms with Gasteiger partial charge in [-0.3, -0.25) is 0 Å². The molecule has 3 nitrogen and oxygen atoms in total. The number of imidazole rings is 1. The van der Waals surface area contributed by atoms with E-state index in [0.717, 1.165) is 35.2 Å². The van der Waals surface area contributed by atoms with Crippen molar-refractivity contribution in [2.45, 2.75) is 45.7 Å². The van der Waals surface area contributed by atoms with Gasteiger partial charge in [0.15, 0.2) is 0 Å². The number of aromatic amines is 1. The molecule has 2 N–H and O–H groups in total. The molecule has 3 rings (SSSR count). The Morgan fingerprint density at radius 2 is 1.89 bits per heavy atom. The number of nitrogens with zero attached hydrogens (tertiary/aromatic N) is 1. The van der Waals surface area contributed by atoms with Gasteiger partial charge < -0.3 is 10.3 Å². The number of aromatic nitrogens is 2. The lowest BCUT2D eigenvalue weighted by molar-refractivity contribution is 0.237. The minimum absolute atomic E-state index is 0.645. The van der Waals surface area contributed by atoms with Gasteiger partial charge in [0.05, 0.1) is 17.6 Å². The molecule has 2 aromatic rings.